The minimum atomic E-state index is -3.66. The molecule has 0 spiro atoms. The van der Waals surface area contributed by atoms with Crippen molar-refractivity contribution in [2.45, 2.75) is 25.9 Å². The van der Waals surface area contributed by atoms with E-state index in [1.807, 2.05) is 30.3 Å². The topological polar surface area (TPSA) is 96.0 Å². The van der Waals surface area contributed by atoms with E-state index in [4.69, 9.17) is 4.74 Å². The fourth-order valence-electron chi connectivity index (χ4n) is 3.65. The maximum atomic E-state index is 13.4. The van der Waals surface area contributed by atoms with Gasteiger partial charge in [-0.15, -0.1) is 0 Å². The Hall–Kier alpha value is -2.91. The Morgan fingerprint density at radius 1 is 1.13 bits per heavy atom. The Bertz CT molecular complexity index is 1040. The quantitative estimate of drug-likeness (QED) is 0.701. The van der Waals surface area contributed by atoms with Crippen molar-refractivity contribution < 1.29 is 22.7 Å². The van der Waals surface area contributed by atoms with Gasteiger partial charge in [0.05, 0.1) is 19.4 Å². The van der Waals surface area contributed by atoms with Gasteiger partial charge in [0.2, 0.25) is 21.8 Å². The molecule has 1 fully saturated rings. The van der Waals surface area contributed by atoms with Gasteiger partial charge in [-0.25, -0.2) is 8.42 Å². The van der Waals surface area contributed by atoms with E-state index in [1.54, 1.807) is 31.2 Å². The summed E-state index contributed by atoms with van der Waals surface area (Å²) in [6, 6.07) is 16.1. The number of carbonyl (C=O) groups excluding carboxylic acids is 2. The molecule has 2 aromatic rings. The van der Waals surface area contributed by atoms with Crippen molar-refractivity contribution in [3.63, 3.8) is 0 Å². The van der Waals surface area contributed by atoms with Crippen LogP contribution >= 0.6 is 0 Å². The third-order valence-corrected chi connectivity index (χ3v) is 7.19. The number of methoxy groups -OCH3 is 1. The Morgan fingerprint density at radius 3 is 2.35 bits per heavy atom. The Kier molecular flexibility index (Phi) is 6.66. The van der Waals surface area contributed by atoms with Crippen molar-refractivity contribution in [3.8, 4) is 5.75 Å². The average molecular weight is 446 g/mol. The first-order valence-corrected chi connectivity index (χ1v) is 11.6. The zero-order chi connectivity index (χ0) is 22.6. The molecule has 0 aliphatic carbocycles. The molecule has 2 amide bonds. The van der Waals surface area contributed by atoms with E-state index in [0.717, 1.165) is 9.87 Å². The fourth-order valence-corrected chi connectivity index (χ4v) is 4.77. The maximum Gasteiger partial charge on any atom is 0.247 e. The predicted octanol–water partition coefficient (Wildman–Crippen LogP) is 1.77. The lowest BCUT2D eigenvalue weighted by atomic mass is 9.94. The summed E-state index contributed by atoms with van der Waals surface area (Å²) in [5.41, 5.74) is -0.0339. The molecule has 1 unspecified atom stereocenters. The highest BCUT2D eigenvalue weighted by atomic mass is 32.2. The van der Waals surface area contributed by atoms with Gasteiger partial charge in [-0.3, -0.25) is 14.5 Å². The molecule has 0 bridgehead atoms. The second-order valence-electron chi connectivity index (χ2n) is 7.54. The van der Waals surface area contributed by atoms with Gasteiger partial charge in [0, 0.05) is 18.8 Å². The van der Waals surface area contributed by atoms with Crippen molar-refractivity contribution in [2.75, 3.05) is 30.9 Å². The third kappa shape index (κ3) is 4.72. The number of benzene rings is 2. The zero-order valence-corrected chi connectivity index (χ0v) is 18.7. The second-order valence-corrected chi connectivity index (χ2v) is 9.80. The monoisotopic (exact) mass is 445 g/mol. The van der Waals surface area contributed by atoms with Crippen LogP contribution in [0, 0.1) is 0 Å². The normalized spacial score (nSPS) is 19.8. The van der Waals surface area contributed by atoms with Crippen LogP contribution in [0.3, 0.4) is 0 Å². The van der Waals surface area contributed by atoms with Crippen LogP contribution < -0.4 is 15.0 Å². The lowest BCUT2D eigenvalue weighted by molar-refractivity contribution is -0.133. The van der Waals surface area contributed by atoms with Crippen LogP contribution in [0.4, 0.5) is 5.69 Å². The van der Waals surface area contributed by atoms with Crippen LogP contribution in [0.2, 0.25) is 0 Å². The summed E-state index contributed by atoms with van der Waals surface area (Å²) < 4.78 is 31.3. The molecule has 1 aliphatic rings. The SMILES string of the molecule is CCS(=O)(=O)N1CC(=O)N(c2ccc(OC)cc2)C(C)(C(=O)NCc2ccccc2)C1. The van der Waals surface area contributed by atoms with Crippen molar-refractivity contribution >= 4 is 27.5 Å². The van der Waals surface area contributed by atoms with Crippen molar-refractivity contribution in [1.82, 2.24) is 9.62 Å². The molecule has 0 saturated carbocycles. The summed E-state index contributed by atoms with van der Waals surface area (Å²) in [5, 5.41) is 2.86. The molecule has 1 aliphatic heterocycles. The van der Waals surface area contributed by atoms with Crippen molar-refractivity contribution in [1.29, 1.82) is 0 Å². The predicted molar refractivity (Wildman–Crippen MR) is 118 cm³/mol. The summed E-state index contributed by atoms with van der Waals surface area (Å²) in [6.07, 6.45) is 0. The summed E-state index contributed by atoms with van der Waals surface area (Å²) in [6.45, 7) is 2.92. The van der Waals surface area contributed by atoms with E-state index in [1.165, 1.54) is 18.9 Å². The van der Waals surface area contributed by atoms with Gasteiger partial charge in [-0.2, -0.15) is 4.31 Å². The number of rotatable bonds is 7. The standard InChI is InChI=1S/C22H27N3O5S/c1-4-31(28,29)24-15-20(26)25(18-10-12-19(30-3)13-11-18)22(2,16-24)21(27)23-14-17-8-6-5-7-9-17/h5-13H,4,14-16H2,1-3H3,(H,23,27). The lowest BCUT2D eigenvalue weighted by Crippen LogP contribution is -2.70. The summed E-state index contributed by atoms with van der Waals surface area (Å²) in [4.78, 5) is 27.9. The van der Waals surface area contributed by atoms with E-state index >= 15 is 0 Å². The van der Waals surface area contributed by atoms with E-state index in [-0.39, 0.29) is 25.4 Å². The van der Waals surface area contributed by atoms with Gasteiger partial charge in [0.1, 0.15) is 11.3 Å². The molecule has 1 heterocycles. The number of amides is 2. The number of carbonyl (C=O) groups is 2. The molecule has 1 N–H and O–H groups in total. The molecule has 9 heteroatoms. The largest absolute Gasteiger partial charge is 0.497 e. The van der Waals surface area contributed by atoms with Gasteiger partial charge < -0.3 is 10.1 Å². The van der Waals surface area contributed by atoms with E-state index in [0.29, 0.717) is 11.4 Å². The Balaban J connectivity index is 1.96. The second kappa shape index (κ2) is 9.07. The molecule has 166 valence electrons. The first-order chi connectivity index (χ1) is 14.7. The molecular weight excluding hydrogens is 418 g/mol. The van der Waals surface area contributed by atoms with Crippen LogP contribution in [0.15, 0.2) is 54.6 Å². The van der Waals surface area contributed by atoms with Crippen LogP contribution in [0.25, 0.3) is 0 Å². The number of hydrogen-bond acceptors (Lipinski definition) is 5. The third-order valence-electron chi connectivity index (χ3n) is 5.41. The first-order valence-electron chi connectivity index (χ1n) is 9.98. The van der Waals surface area contributed by atoms with E-state index in [2.05, 4.69) is 5.32 Å². The fraction of sp³-hybridized carbons (Fsp3) is 0.364. The minimum Gasteiger partial charge on any atom is -0.497 e. The molecule has 1 saturated heterocycles. The van der Waals surface area contributed by atoms with Gasteiger partial charge in [-0.05, 0) is 43.7 Å². The van der Waals surface area contributed by atoms with Crippen LogP contribution in [0.1, 0.15) is 19.4 Å². The van der Waals surface area contributed by atoms with E-state index < -0.39 is 27.4 Å². The van der Waals surface area contributed by atoms with Gasteiger partial charge in [0.25, 0.3) is 0 Å². The van der Waals surface area contributed by atoms with Crippen molar-refractivity contribution in [2.24, 2.45) is 0 Å². The molecule has 8 nitrogen and oxygen atoms in total. The molecule has 0 aromatic heterocycles. The first kappa shape index (κ1) is 22.8. The van der Waals surface area contributed by atoms with E-state index in [9.17, 15) is 18.0 Å². The molecular formula is C22H27N3O5S. The van der Waals surface area contributed by atoms with Crippen LogP contribution in [0.5, 0.6) is 5.75 Å². The number of anilines is 1. The average Bonchev–Trinajstić information content (AvgIpc) is 2.78. The van der Waals surface area contributed by atoms with Crippen LogP contribution in [-0.4, -0.2) is 56.0 Å². The number of hydrogen-bond donors (Lipinski definition) is 1. The van der Waals surface area contributed by atoms with Crippen LogP contribution in [-0.2, 0) is 26.2 Å². The number of nitrogens with zero attached hydrogens (tertiary/aromatic N) is 2. The Labute approximate surface area is 182 Å². The number of nitrogens with one attached hydrogen (secondary N) is 1. The highest BCUT2D eigenvalue weighted by Crippen LogP contribution is 2.32. The van der Waals surface area contributed by atoms with Gasteiger partial charge >= 0.3 is 0 Å². The maximum absolute atomic E-state index is 13.4. The molecule has 2 aromatic carbocycles. The molecule has 1 atom stereocenters. The van der Waals surface area contributed by atoms with Crippen molar-refractivity contribution in [3.05, 3.63) is 60.2 Å². The Morgan fingerprint density at radius 2 is 1.77 bits per heavy atom. The minimum absolute atomic E-state index is 0.137. The summed E-state index contributed by atoms with van der Waals surface area (Å²) >= 11 is 0. The number of sulfonamides is 1. The molecule has 0 radical (unpaired) electrons. The number of piperazine rings is 1. The number of ether oxygens (including phenoxy) is 1. The summed E-state index contributed by atoms with van der Waals surface area (Å²) in [5.74, 6) is -0.439. The highest BCUT2D eigenvalue weighted by Gasteiger charge is 2.50. The van der Waals surface area contributed by atoms with Gasteiger partial charge in [0.15, 0.2) is 0 Å². The lowest BCUT2D eigenvalue weighted by Gasteiger charge is -2.46. The molecule has 31 heavy (non-hydrogen) atoms. The highest BCUT2D eigenvalue weighted by molar-refractivity contribution is 7.89. The smallest absolute Gasteiger partial charge is 0.247 e. The molecule has 3 rings (SSSR count). The summed E-state index contributed by atoms with van der Waals surface area (Å²) in [7, 11) is -2.12. The zero-order valence-electron chi connectivity index (χ0n) is 17.9. The van der Waals surface area contributed by atoms with Gasteiger partial charge in [-0.1, -0.05) is 30.3 Å².